The molecule has 1 saturated heterocycles. The first-order valence-electron chi connectivity index (χ1n) is 6.26. The quantitative estimate of drug-likeness (QED) is 0.846. The van der Waals surface area contributed by atoms with Gasteiger partial charge < -0.3 is 10.4 Å². The molecule has 2 unspecified atom stereocenters. The molecule has 1 aromatic heterocycles. The van der Waals surface area contributed by atoms with Crippen molar-refractivity contribution in [1.29, 1.82) is 0 Å². The van der Waals surface area contributed by atoms with Gasteiger partial charge in [0.1, 0.15) is 4.90 Å². The maximum absolute atomic E-state index is 12.6. The summed E-state index contributed by atoms with van der Waals surface area (Å²) in [6.07, 6.45) is 2.93. The van der Waals surface area contributed by atoms with Crippen molar-refractivity contribution in [3.05, 3.63) is 18.5 Å². The van der Waals surface area contributed by atoms with Crippen molar-refractivity contribution in [2.24, 2.45) is 5.92 Å². The van der Waals surface area contributed by atoms with Crippen molar-refractivity contribution in [3.8, 4) is 0 Å². The van der Waals surface area contributed by atoms with Crippen LogP contribution in [0.2, 0.25) is 0 Å². The zero-order chi connectivity index (χ0) is 14.0. The van der Waals surface area contributed by atoms with E-state index in [1.54, 1.807) is 13.1 Å². The molecular formula is C12H19N3O3S. The molecule has 0 aliphatic carbocycles. The number of hydrogen-bond acceptors (Lipinski definition) is 5. The Morgan fingerprint density at radius 2 is 2.26 bits per heavy atom. The standard InChI is InChI=1S/C12H19N3O3S/c1-9-4-6-15(8-11(9)16)19(17,18)12-7-14-5-3-10(12)13-2/h3,5,7,9,11,16H,4,6,8H2,1-2H3,(H,13,14). The Labute approximate surface area is 113 Å². The molecule has 0 bridgehead atoms. The second-order valence-corrected chi connectivity index (χ2v) is 6.72. The lowest BCUT2D eigenvalue weighted by Gasteiger charge is -2.33. The number of aromatic nitrogens is 1. The Balaban J connectivity index is 2.32. The van der Waals surface area contributed by atoms with Gasteiger partial charge in [0.15, 0.2) is 0 Å². The molecule has 7 heteroatoms. The molecule has 106 valence electrons. The van der Waals surface area contributed by atoms with Gasteiger partial charge in [-0.3, -0.25) is 4.98 Å². The summed E-state index contributed by atoms with van der Waals surface area (Å²) in [5.41, 5.74) is 0.517. The lowest BCUT2D eigenvalue weighted by atomic mass is 9.98. The smallest absolute Gasteiger partial charge is 0.246 e. The van der Waals surface area contributed by atoms with E-state index in [4.69, 9.17) is 0 Å². The number of anilines is 1. The van der Waals surface area contributed by atoms with Crippen LogP contribution in [0, 0.1) is 5.92 Å². The molecule has 1 aromatic rings. The summed E-state index contributed by atoms with van der Waals surface area (Å²) < 4.78 is 26.4. The SMILES string of the molecule is CNc1ccncc1S(=O)(=O)N1CCC(C)C(O)C1. The highest BCUT2D eigenvalue weighted by atomic mass is 32.2. The third-order valence-corrected chi connectivity index (χ3v) is 5.45. The lowest BCUT2D eigenvalue weighted by Crippen LogP contribution is -2.45. The number of rotatable bonds is 3. The summed E-state index contributed by atoms with van der Waals surface area (Å²) in [5.74, 6) is 0.129. The molecule has 19 heavy (non-hydrogen) atoms. The van der Waals surface area contributed by atoms with Gasteiger partial charge in [-0.05, 0) is 18.4 Å². The molecule has 2 heterocycles. The third-order valence-electron chi connectivity index (χ3n) is 3.55. The zero-order valence-corrected chi connectivity index (χ0v) is 11.9. The van der Waals surface area contributed by atoms with Crippen LogP contribution in [-0.4, -0.2) is 49.1 Å². The van der Waals surface area contributed by atoms with Crippen molar-refractivity contribution >= 4 is 15.7 Å². The van der Waals surface area contributed by atoms with Crippen LogP contribution in [0.15, 0.2) is 23.4 Å². The molecule has 1 aliphatic rings. The van der Waals surface area contributed by atoms with Gasteiger partial charge in [0.05, 0.1) is 11.8 Å². The van der Waals surface area contributed by atoms with Gasteiger partial charge in [0.2, 0.25) is 10.0 Å². The normalized spacial score (nSPS) is 25.2. The highest BCUT2D eigenvalue weighted by molar-refractivity contribution is 7.89. The summed E-state index contributed by atoms with van der Waals surface area (Å²) in [7, 11) is -1.94. The monoisotopic (exact) mass is 285 g/mol. The second-order valence-electron chi connectivity index (χ2n) is 4.82. The van der Waals surface area contributed by atoms with E-state index in [1.165, 1.54) is 16.7 Å². The van der Waals surface area contributed by atoms with Crippen molar-refractivity contribution in [1.82, 2.24) is 9.29 Å². The van der Waals surface area contributed by atoms with Gasteiger partial charge in [-0.15, -0.1) is 0 Å². The predicted molar refractivity (Wildman–Crippen MR) is 72.3 cm³/mol. The first-order chi connectivity index (χ1) is 8.96. The van der Waals surface area contributed by atoms with Gasteiger partial charge in [-0.1, -0.05) is 6.92 Å². The molecule has 2 N–H and O–H groups in total. The predicted octanol–water partition coefficient (Wildman–Crippen LogP) is 0.515. The molecular weight excluding hydrogens is 266 g/mol. The summed E-state index contributed by atoms with van der Waals surface area (Å²) in [4.78, 5) is 4.03. The topological polar surface area (TPSA) is 82.5 Å². The highest BCUT2D eigenvalue weighted by Crippen LogP contribution is 2.27. The van der Waals surface area contributed by atoms with E-state index in [-0.39, 0.29) is 17.4 Å². The molecule has 0 aromatic carbocycles. The minimum Gasteiger partial charge on any atom is -0.391 e. The van der Waals surface area contributed by atoms with Gasteiger partial charge in [-0.25, -0.2) is 8.42 Å². The first-order valence-corrected chi connectivity index (χ1v) is 7.71. The molecule has 6 nitrogen and oxygen atoms in total. The van der Waals surface area contributed by atoms with Crippen molar-refractivity contribution in [3.63, 3.8) is 0 Å². The molecule has 0 spiro atoms. The summed E-state index contributed by atoms with van der Waals surface area (Å²) in [6.45, 7) is 2.50. The maximum Gasteiger partial charge on any atom is 0.246 e. The van der Waals surface area contributed by atoms with Crippen LogP contribution in [0.1, 0.15) is 13.3 Å². The average Bonchev–Trinajstić information content (AvgIpc) is 2.41. The van der Waals surface area contributed by atoms with Crippen LogP contribution < -0.4 is 5.32 Å². The Morgan fingerprint density at radius 3 is 2.89 bits per heavy atom. The Kier molecular flexibility index (Phi) is 4.07. The van der Waals surface area contributed by atoms with Crippen LogP contribution in [-0.2, 0) is 10.0 Å². The number of nitrogens with one attached hydrogen (secondary N) is 1. The van der Waals surface area contributed by atoms with Crippen molar-refractivity contribution < 1.29 is 13.5 Å². The van der Waals surface area contributed by atoms with Crippen LogP contribution in [0.4, 0.5) is 5.69 Å². The molecule has 1 fully saturated rings. The van der Waals surface area contributed by atoms with Crippen LogP contribution in [0.25, 0.3) is 0 Å². The number of β-amino-alcohol motifs (C(OH)–C–C–N with tert-alkyl or cyclic N) is 1. The molecule has 0 saturated carbocycles. The van der Waals surface area contributed by atoms with E-state index in [0.29, 0.717) is 18.7 Å². The molecule has 0 radical (unpaired) electrons. The van der Waals surface area contributed by atoms with Gasteiger partial charge in [-0.2, -0.15) is 4.31 Å². The minimum absolute atomic E-state index is 0.129. The van der Waals surface area contributed by atoms with E-state index in [2.05, 4.69) is 10.3 Å². The number of aliphatic hydroxyl groups is 1. The number of aliphatic hydroxyl groups excluding tert-OH is 1. The fourth-order valence-electron chi connectivity index (χ4n) is 2.17. The van der Waals surface area contributed by atoms with E-state index in [0.717, 1.165) is 0 Å². The van der Waals surface area contributed by atoms with Crippen molar-refractivity contribution in [2.45, 2.75) is 24.3 Å². The van der Waals surface area contributed by atoms with E-state index < -0.39 is 16.1 Å². The number of pyridine rings is 1. The number of piperidine rings is 1. The third kappa shape index (κ3) is 2.72. The highest BCUT2D eigenvalue weighted by Gasteiger charge is 2.34. The van der Waals surface area contributed by atoms with Crippen LogP contribution in [0.5, 0.6) is 0 Å². The van der Waals surface area contributed by atoms with Crippen molar-refractivity contribution in [2.75, 3.05) is 25.5 Å². The zero-order valence-electron chi connectivity index (χ0n) is 11.1. The fourth-order valence-corrected chi connectivity index (χ4v) is 3.78. The first kappa shape index (κ1) is 14.2. The second kappa shape index (κ2) is 5.44. The Hall–Kier alpha value is -1.18. The summed E-state index contributed by atoms with van der Waals surface area (Å²) >= 11 is 0. The van der Waals surface area contributed by atoms with Gasteiger partial charge in [0, 0.05) is 32.5 Å². The maximum atomic E-state index is 12.6. The average molecular weight is 285 g/mol. The molecule has 2 atom stereocenters. The summed E-state index contributed by atoms with van der Waals surface area (Å²) in [5, 5.41) is 12.7. The Morgan fingerprint density at radius 1 is 1.53 bits per heavy atom. The number of sulfonamides is 1. The van der Waals surface area contributed by atoms with E-state index in [1.807, 2.05) is 6.92 Å². The Bertz CT molecular complexity index is 547. The minimum atomic E-state index is -3.61. The fraction of sp³-hybridized carbons (Fsp3) is 0.583. The van der Waals surface area contributed by atoms with Crippen LogP contribution in [0.3, 0.4) is 0 Å². The molecule has 2 rings (SSSR count). The van der Waals surface area contributed by atoms with Crippen LogP contribution >= 0.6 is 0 Å². The number of nitrogens with zero attached hydrogens (tertiary/aromatic N) is 2. The van der Waals surface area contributed by atoms with Gasteiger partial charge in [0.25, 0.3) is 0 Å². The molecule has 0 amide bonds. The number of hydrogen-bond donors (Lipinski definition) is 2. The summed E-state index contributed by atoms with van der Waals surface area (Å²) in [6, 6.07) is 1.62. The molecule has 1 aliphatic heterocycles. The van der Waals surface area contributed by atoms with Gasteiger partial charge >= 0.3 is 0 Å². The lowest BCUT2D eigenvalue weighted by molar-refractivity contribution is 0.0605. The largest absolute Gasteiger partial charge is 0.391 e. The van der Waals surface area contributed by atoms with E-state index >= 15 is 0 Å². The van der Waals surface area contributed by atoms with E-state index in [9.17, 15) is 13.5 Å².